The molecule has 2 aromatic heterocycles. The number of hydrogen-bond donors (Lipinski definition) is 0. The van der Waals surface area contributed by atoms with Gasteiger partial charge in [0.25, 0.3) is 0 Å². The van der Waals surface area contributed by atoms with Crippen LogP contribution in [0.15, 0.2) is 15.9 Å². The zero-order chi connectivity index (χ0) is 12.7. The van der Waals surface area contributed by atoms with Crippen LogP contribution in [0.4, 0.5) is 0 Å². The molecule has 18 heavy (non-hydrogen) atoms. The minimum atomic E-state index is 0.104. The zero-order valence-electron chi connectivity index (χ0n) is 9.46. The monoisotopic (exact) mass is 360 g/mol. The van der Waals surface area contributed by atoms with Crippen molar-refractivity contribution in [2.45, 2.75) is 25.7 Å². The molecular weight excluding hydrogens is 352 g/mol. The summed E-state index contributed by atoms with van der Waals surface area (Å²) >= 11 is 12.4. The van der Waals surface area contributed by atoms with Crippen LogP contribution in [0, 0.1) is 0 Å². The summed E-state index contributed by atoms with van der Waals surface area (Å²) < 4.78 is 0.828. The van der Waals surface area contributed by atoms with Crippen LogP contribution in [0.1, 0.15) is 37.8 Å². The third kappa shape index (κ3) is 2.31. The SMILES string of the molecule is O=C(c1cc(Cl)c(Br)s1)c1cc2c(s1)CCCC2. The number of thiophene rings is 2. The van der Waals surface area contributed by atoms with Crippen LogP contribution in [0.5, 0.6) is 0 Å². The average molecular weight is 362 g/mol. The van der Waals surface area contributed by atoms with E-state index in [9.17, 15) is 4.79 Å². The second-order valence-electron chi connectivity index (χ2n) is 4.33. The van der Waals surface area contributed by atoms with Crippen LogP contribution in [-0.2, 0) is 12.8 Å². The summed E-state index contributed by atoms with van der Waals surface area (Å²) in [6.45, 7) is 0. The molecule has 0 bridgehead atoms. The molecule has 0 fully saturated rings. The second-order valence-corrected chi connectivity index (χ2v) is 8.24. The van der Waals surface area contributed by atoms with Gasteiger partial charge in [-0.3, -0.25) is 4.79 Å². The first-order valence-electron chi connectivity index (χ1n) is 5.76. The lowest BCUT2D eigenvalue weighted by Gasteiger charge is -2.08. The lowest BCUT2D eigenvalue weighted by Crippen LogP contribution is -1.97. The number of carbonyl (C=O) groups excluding carboxylic acids is 1. The molecule has 0 radical (unpaired) electrons. The molecule has 1 aliphatic rings. The Labute approximate surface area is 127 Å². The maximum atomic E-state index is 12.4. The Morgan fingerprint density at radius 1 is 1.17 bits per heavy atom. The van der Waals surface area contributed by atoms with Crippen LogP contribution in [-0.4, -0.2) is 5.78 Å². The van der Waals surface area contributed by atoms with Crippen molar-refractivity contribution >= 4 is 56.0 Å². The molecule has 5 heteroatoms. The van der Waals surface area contributed by atoms with Crippen molar-refractivity contribution in [2.75, 3.05) is 0 Å². The van der Waals surface area contributed by atoms with E-state index in [-0.39, 0.29) is 5.78 Å². The van der Waals surface area contributed by atoms with Crippen molar-refractivity contribution in [3.8, 4) is 0 Å². The zero-order valence-corrected chi connectivity index (χ0v) is 13.4. The summed E-state index contributed by atoms with van der Waals surface area (Å²) in [6.07, 6.45) is 4.74. The van der Waals surface area contributed by atoms with Gasteiger partial charge < -0.3 is 0 Å². The van der Waals surface area contributed by atoms with Gasteiger partial charge in [-0.25, -0.2) is 0 Å². The normalized spacial score (nSPS) is 14.6. The predicted molar refractivity (Wildman–Crippen MR) is 81.4 cm³/mol. The van der Waals surface area contributed by atoms with Crippen molar-refractivity contribution in [1.82, 2.24) is 0 Å². The molecule has 0 saturated heterocycles. The summed E-state index contributed by atoms with van der Waals surface area (Å²) in [5, 5.41) is 0.615. The highest BCUT2D eigenvalue weighted by atomic mass is 79.9. The number of ketones is 1. The number of fused-ring (bicyclic) bond motifs is 1. The molecule has 0 amide bonds. The number of halogens is 2. The molecule has 0 spiro atoms. The van der Waals surface area contributed by atoms with Gasteiger partial charge in [0, 0.05) is 4.88 Å². The summed E-state index contributed by atoms with van der Waals surface area (Å²) in [4.78, 5) is 15.3. The first kappa shape index (κ1) is 12.9. The highest BCUT2D eigenvalue weighted by Gasteiger charge is 2.20. The van der Waals surface area contributed by atoms with Gasteiger partial charge in [0.05, 0.1) is 18.6 Å². The molecule has 1 nitrogen and oxygen atoms in total. The smallest absolute Gasteiger partial charge is 0.212 e. The average Bonchev–Trinajstić information content (AvgIpc) is 2.93. The van der Waals surface area contributed by atoms with E-state index < -0.39 is 0 Å². The van der Waals surface area contributed by atoms with E-state index in [1.54, 1.807) is 17.4 Å². The van der Waals surface area contributed by atoms with Crippen LogP contribution < -0.4 is 0 Å². The highest BCUT2D eigenvalue weighted by Crippen LogP contribution is 2.36. The first-order chi connectivity index (χ1) is 8.65. The van der Waals surface area contributed by atoms with E-state index in [0.717, 1.165) is 21.5 Å². The third-order valence-corrected chi connectivity index (χ3v) is 6.80. The second kappa shape index (κ2) is 5.08. The van der Waals surface area contributed by atoms with Gasteiger partial charge >= 0.3 is 0 Å². The predicted octanol–water partition coefficient (Wildman–Crippen LogP) is 5.34. The standard InChI is InChI=1S/C13H10BrClOS2/c14-13-8(15)6-11(18-13)12(16)10-5-7-3-1-2-4-9(7)17-10/h5-6H,1-4H2. The molecule has 94 valence electrons. The van der Waals surface area contributed by atoms with Crippen molar-refractivity contribution in [3.63, 3.8) is 0 Å². The Morgan fingerprint density at radius 2 is 1.89 bits per heavy atom. The summed E-state index contributed by atoms with van der Waals surface area (Å²) in [7, 11) is 0. The molecule has 1 aliphatic carbocycles. The van der Waals surface area contributed by atoms with Gasteiger partial charge in [-0.2, -0.15) is 0 Å². The molecule has 2 aromatic rings. The van der Waals surface area contributed by atoms with E-state index in [4.69, 9.17) is 11.6 Å². The van der Waals surface area contributed by atoms with Crippen molar-refractivity contribution in [3.05, 3.63) is 41.1 Å². The number of aryl methyl sites for hydroxylation is 2. The van der Waals surface area contributed by atoms with Crippen LogP contribution in [0.3, 0.4) is 0 Å². The van der Waals surface area contributed by atoms with Gasteiger partial charge in [-0.1, -0.05) is 11.6 Å². The molecule has 0 saturated carbocycles. The lowest BCUT2D eigenvalue weighted by molar-refractivity contribution is 0.104. The third-order valence-electron chi connectivity index (χ3n) is 3.09. The van der Waals surface area contributed by atoms with Crippen LogP contribution in [0.2, 0.25) is 5.02 Å². The van der Waals surface area contributed by atoms with Crippen molar-refractivity contribution < 1.29 is 4.79 Å². The fourth-order valence-electron chi connectivity index (χ4n) is 2.18. The number of hydrogen-bond acceptors (Lipinski definition) is 3. The van der Waals surface area contributed by atoms with Gasteiger partial charge in [0.15, 0.2) is 0 Å². The van der Waals surface area contributed by atoms with E-state index in [1.807, 2.05) is 0 Å². The fraction of sp³-hybridized carbons (Fsp3) is 0.308. The topological polar surface area (TPSA) is 17.1 Å². The Bertz CT molecular complexity index is 572. The van der Waals surface area contributed by atoms with Crippen LogP contribution in [0.25, 0.3) is 0 Å². The Kier molecular flexibility index (Phi) is 3.63. The van der Waals surface area contributed by atoms with Gasteiger partial charge in [-0.15, -0.1) is 22.7 Å². The Morgan fingerprint density at radius 3 is 2.56 bits per heavy atom. The fourth-order valence-corrected chi connectivity index (χ4v) is 5.11. The molecule has 0 N–H and O–H groups in total. The minimum Gasteiger partial charge on any atom is -0.287 e. The molecule has 0 aliphatic heterocycles. The molecule has 2 heterocycles. The lowest BCUT2D eigenvalue weighted by atomic mass is 9.99. The molecule has 0 atom stereocenters. The van der Waals surface area contributed by atoms with Crippen LogP contribution >= 0.6 is 50.2 Å². The highest BCUT2D eigenvalue weighted by molar-refractivity contribution is 9.11. The van der Waals surface area contributed by atoms with E-state index >= 15 is 0 Å². The first-order valence-corrected chi connectivity index (χ1v) is 8.56. The summed E-state index contributed by atoms with van der Waals surface area (Å²) in [6, 6.07) is 3.82. The molecule has 3 rings (SSSR count). The Hall–Kier alpha value is -0.160. The maximum Gasteiger partial charge on any atom is 0.212 e. The maximum absolute atomic E-state index is 12.4. The van der Waals surface area contributed by atoms with Crippen molar-refractivity contribution in [2.24, 2.45) is 0 Å². The largest absolute Gasteiger partial charge is 0.287 e. The minimum absolute atomic E-state index is 0.104. The molecule has 0 unspecified atom stereocenters. The number of rotatable bonds is 2. The van der Waals surface area contributed by atoms with Gasteiger partial charge in [0.2, 0.25) is 5.78 Å². The van der Waals surface area contributed by atoms with E-state index in [1.165, 1.54) is 34.6 Å². The summed E-state index contributed by atoms with van der Waals surface area (Å²) in [5.41, 5.74) is 1.37. The molecular formula is C13H10BrClOS2. The summed E-state index contributed by atoms with van der Waals surface area (Å²) in [5.74, 6) is 0.104. The van der Waals surface area contributed by atoms with Gasteiger partial charge in [-0.05, 0) is 59.3 Å². The van der Waals surface area contributed by atoms with E-state index in [0.29, 0.717) is 9.90 Å². The quantitative estimate of drug-likeness (QED) is 0.660. The van der Waals surface area contributed by atoms with Gasteiger partial charge in [0.1, 0.15) is 0 Å². The Balaban J connectivity index is 1.94. The molecule has 0 aromatic carbocycles. The van der Waals surface area contributed by atoms with Crippen molar-refractivity contribution in [1.29, 1.82) is 0 Å². The van der Waals surface area contributed by atoms with E-state index in [2.05, 4.69) is 22.0 Å². The number of carbonyl (C=O) groups is 1.